The predicted octanol–water partition coefficient (Wildman–Crippen LogP) is 3.38. The van der Waals surface area contributed by atoms with Crippen molar-refractivity contribution in [1.82, 2.24) is 10.2 Å². The van der Waals surface area contributed by atoms with Crippen molar-refractivity contribution in [1.29, 1.82) is 0 Å². The maximum Gasteiger partial charge on any atom is 0.407 e. The molecule has 0 bridgehead atoms. The van der Waals surface area contributed by atoms with Crippen molar-refractivity contribution >= 4 is 18.0 Å². The molecule has 32 heavy (non-hydrogen) atoms. The van der Waals surface area contributed by atoms with E-state index in [-0.39, 0.29) is 25.0 Å². The minimum atomic E-state index is -0.962. The third-order valence-corrected chi connectivity index (χ3v) is 7.02. The Labute approximate surface area is 186 Å². The van der Waals surface area contributed by atoms with Gasteiger partial charge in [0.25, 0.3) is 0 Å². The van der Waals surface area contributed by atoms with Gasteiger partial charge in [0.05, 0.1) is 5.41 Å². The molecular formula is C25H26N2O5. The summed E-state index contributed by atoms with van der Waals surface area (Å²) in [6.45, 7) is 0.849. The summed E-state index contributed by atoms with van der Waals surface area (Å²) in [5, 5.41) is 12.1. The van der Waals surface area contributed by atoms with Gasteiger partial charge in [-0.15, -0.1) is 0 Å². The molecule has 7 nitrogen and oxygen atoms in total. The summed E-state index contributed by atoms with van der Waals surface area (Å²) in [4.78, 5) is 38.3. The van der Waals surface area contributed by atoms with Crippen LogP contribution in [0.25, 0.3) is 11.1 Å². The molecule has 166 valence electrons. The topological polar surface area (TPSA) is 95.9 Å². The molecular weight excluding hydrogens is 408 g/mol. The molecule has 2 aromatic carbocycles. The van der Waals surface area contributed by atoms with Crippen LogP contribution in [0.15, 0.2) is 48.5 Å². The number of alkyl carbamates (subject to hydrolysis) is 1. The number of ether oxygens (including phenoxy) is 1. The van der Waals surface area contributed by atoms with Crippen LogP contribution < -0.4 is 5.32 Å². The van der Waals surface area contributed by atoms with Crippen LogP contribution in [0.5, 0.6) is 0 Å². The normalized spacial score (nSPS) is 20.4. The van der Waals surface area contributed by atoms with E-state index in [1.165, 1.54) is 16.0 Å². The molecule has 5 rings (SSSR count). The molecule has 0 aromatic heterocycles. The lowest BCUT2D eigenvalue weighted by atomic mass is 9.98. The van der Waals surface area contributed by atoms with E-state index >= 15 is 0 Å². The number of fused-ring (bicyclic) bond motifs is 3. The van der Waals surface area contributed by atoms with Crippen molar-refractivity contribution in [2.75, 3.05) is 19.7 Å². The zero-order valence-electron chi connectivity index (χ0n) is 17.8. The first kappa shape index (κ1) is 20.5. The fraction of sp³-hybridized carbons (Fsp3) is 0.400. The first-order valence-corrected chi connectivity index (χ1v) is 11.1. The Morgan fingerprint density at radius 3 is 2.25 bits per heavy atom. The highest BCUT2D eigenvalue weighted by Crippen LogP contribution is 2.48. The number of carboxylic acids is 1. The highest BCUT2D eigenvalue weighted by Gasteiger charge is 2.54. The summed E-state index contributed by atoms with van der Waals surface area (Å²) in [5.74, 6) is -1.15. The minimum Gasteiger partial charge on any atom is -0.480 e. The molecule has 1 atom stereocenters. The number of nitrogens with zero attached hydrogens (tertiary/aromatic N) is 1. The number of rotatable bonds is 6. The van der Waals surface area contributed by atoms with E-state index in [0.717, 1.165) is 11.1 Å². The lowest BCUT2D eigenvalue weighted by Gasteiger charge is -2.26. The van der Waals surface area contributed by atoms with Gasteiger partial charge in [0.2, 0.25) is 5.91 Å². The first-order valence-electron chi connectivity index (χ1n) is 11.1. The quantitative estimate of drug-likeness (QED) is 0.727. The number of amides is 2. The molecule has 1 saturated heterocycles. The number of hydrogen-bond donors (Lipinski definition) is 2. The summed E-state index contributed by atoms with van der Waals surface area (Å²) in [6, 6.07) is 15.5. The Morgan fingerprint density at radius 1 is 1.03 bits per heavy atom. The predicted molar refractivity (Wildman–Crippen MR) is 117 cm³/mol. The molecule has 2 aliphatic carbocycles. The molecule has 1 aliphatic heterocycles. The van der Waals surface area contributed by atoms with E-state index in [4.69, 9.17) is 4.74 Å². The van der Waals surface area contributed by atoms with Crippen LogP contribution in [0.3, 0.4) is 0 Å². The van der Waals surface area contributed by atoms with Crippen LogP contribution in [-0.4, -0.2) is 53.7 Å². The van der Waals surface area contributed by atoms with Gasteiger partial charge in [0, 0.05) is 19.0 Å². The van der Waals surface area contributed by atoms with Crippen LogP contribution in [0.2, 0.25) is 0 Å². The van der Waals surface area contributed by atoms with Gasteiger partial charge in [0.15, 0.2) is 0 Å². The van der Waals surface area contributed by atoms with Crippen LogP contribution in [0.4, 0.5) is 4.79 Å². The fourth-order valence-corrected chi connectivity index (χ4v) is 5.08. The summed E-state index contributed by atoms with van der Waals surface area (Å²) >= 11 is 0. The Kier molecular flexibility index (Phi) is 5.12. The number of carboxylic acid groups (broad SMARTS) is 1. The van der Waals surface area contributed by atoms with E-state index in [0.29, 0.717) is 32.2 Å². The van der Waals surface area contributed by atoms with E-state index in [1.807, 2.05) is 24.3 Å². The lowest BCUT2D eigenvalue weighted by Crippen LogP contribution is -2.47. The maximum absolute atomic E-state index is 13.0. The van der Waals surface area contributed by atoms with E-state index in [1.54, 1.807) is 0 Å². The molecule has 2 N–H and O–H groups in total. The van der Waals surface area contributed by atoms with Crippen LogP contribution in [0.1, 0.15) is 42.7 Å². The smallest absolute Gasteiger partial charge is 0.407 e. The molecule has 1 saturated carbocycles. The largest absolute Gasteiger partial charge is 0.480 e. The van der Waals surface area contributed by atoms with Crippen molar-refractivity contribution in [2.45, 2.75) is 37.6 Å². The number of aliphatic carboxylic acids is 1. The minimum absolute atomic E-state index is 0.0226. The van der Waals surface area contributed by atoms with E-state index in [9.17, 15) is 19.5 Å². The molecule has 0 spiro atoms. The second-order valence-electron chi connectivity index (χ2n) is 8.95. The van der Waals surface area contributed by atoms with Gasteiger partial charge >= 0.3 is 12.1 Å². The van der Waals surface area contributed by atoms with Crippen molar-refractivity contribution in [3.05, 3.63) is 59.7 Å². The van der Waals surface area contributed by atoms with Crippen molar-refractivity contribution < 1.29 is 24.2 Å². The average molecular weight is 434 g/mol. The van der Waals surface area contributed by atoms with Gasteiger partial charge in [0.1, 0.15) is 12.6 Å². The molecule has 2 aromatic rings. The van der Waals surface area contributed by atoms with Gasteiger partial charge in [-0.2, -0.15) is 0 Å². The molecule has 1 unspecified atom stereocenters. The van der Waals surface area contributed by atoms with Gasteiger partial charge in [-0.05, 0) is 47.9 Å². The number of benzene rings is 2. The zero-order chi connectivity index (χ0) is 22.3. The molecule has 0 radical (unpaired) electrons. The zero-order valence-corrected chi connectivity index (χ0v) is 17.8. The highest BCUT2D eigenvalue weighted by molar-refractivity contribution is 5.90. The van der Waals surface area contributed by atoms with Gasteiger partial charge in [-0.1, -0.05) is 48.5 Å². The maximum atomic E-state index is 13.0. The molecule has 2 fully saturated rings. The standard InChI is InChI=1S/C25H26N2O5/c28-22(29)21-10-5-13-27(21)23(30)25(11-12-25)15-26-24(31)32-14-20-18-8-3-1-6-16(18)17-7-2-4-9-19(17)20/h1-4,6-9,20-21H,5,10-15H2,(H,26,31)(H,28,29). The number of carbonyl (C=O) groups excluding carboxylic acids is 2. The third-order valence-electron chi connectivity index (χ3n) is 7.02. The Bertz CT molecular complexity index is 1030. The number of likely N-dealkylation sites (tertiary alicyclic amines) is 1. The van der Waals surface area contributed by atoms with Crippen LogP contribution in [0, 0.1) is 5.41 Å². The number of nitrogens with one attached hydrogen (secondary N) is 1. The second kappa shape index (κ2) is 7.97. The molecule has 7 heteroatoms. The Balaban J connectivity index is 1.20. The number of hydrogen-bond acceptors (Lipinski definition) is 4. The Morgan fingerprint density at radius 2 is 1.66 bits per heavy atom. The molecule has 1 heterocycles. The van der Waals surface area contributed by atoms with E-state index in [2.05, 4.69) is 29.6 Å². The fourth-order valence-electron chi connectivity index (χ4n) is 5.08. The second-order valence-corrected chi connectivity index (χ2v) is 8.95. The van der Waals surface area contributed by atoms with Gasteiger partial charge in [-0.25, -0.2) is 9.59 Å². The summed E-state index contributed by atoms with van der Waals surface area (Å²) in [5.41, 5.74) is 3.92. The summed E-state index contributed by atoms with van der Waals surface area (Å²) < 4.78 is 5.56. The van der Waals surface area contributed by atoms with Gasteiger partial charge < -0.3 is 20.1 Å². The van der Waals surface area contributed by atoms with Crippen molar-refractivity contribution in [3.8, 4) is 11.1 Å². The van der Waals surface area contributed by atoms with E-state index < -0.39 is 23.5 Å². The first-order chi connectivity index (χ1) is 15.5. The third kappa shape index (κ3) is 3.51. The van der Waals surface area contributed by atoms with Crippen molar-refractivity contribution in [3.63, 3.8) is 0 Å². The molecule has 2 amide bonds. The van der Waals surface area contributed by atoms with Crippen molar-refractivity contribution in [2.24, 2.45) is 5.41 Å². The monoisotopic (exact) mass is 434 g/mol. The highest BCUT2D eigenvalue weighted by atomic mass is 16.5. The average Bonchev–Trinajstić information content (AvgIpc) is 3.31. The molecule has 3 aliphatic rings. The lowest BCUT2D eigenvalue weighted by molar-refractivity contribution is -0.150. The van der Waals surface area contributed by atoms with Crippen LogP contribution >= 0.6 is 0 Å². The summed E-state index contributed by atoms with van der Waals surface area (Å²) in [7, 11) is 0. The van der Waals surface area contributed by atoms with Crippen LogP contribution in [-0.2, 0) is 14.3 Å². The van der Waals surface area contributed by atoms with Gasteiger partial charge in [-0.3, -0.25) is 4.79 Å². The SMILES string of the molecule is O=C(NCC1(C(=O)N2CCCC2C(=O)O)CC1)OCC1c2ccccc2-c2ccccc21. The number of carbonyl (C=O) groups is 3. The Hall–Kier alpha value is -3.35. The summed E-state index contributed by atoms with van der Waals surface area (Å²) in [6.07, 6.45) is 1.92.